The molecule has 0 rings (SSSR count). The zero-order valence-electron chi connectivity index (χ0n) is 10.4. The first kappa shape index (κ1) is 14.9. The lowest BCUT2D eigenvalue weighted by atomic mass is 10.0. The Labute approximate surface area is 94.7 Å². The molecular weight excluding hydrogens is 188 g/mol. The molecular formula is C13H28O2. The smallest absolute Gasteiger partial charge is 0.0540 e. The maximum Gasteiger partial charge on any atom is 0.0540 e. The van der Waals surface area contributed by atoms with Crippen LogP contribution in [0, 0.1) is 0 Å². The first-order chi connectivity index (χ1) is 7.20. The molecule has 2 heteroatoms. The van der Waals surface area contributed by atoms with E-state index in [4.69, 9.17) is 0 Å². The number of hydrogen-bond donors (Lipinski definition) is 2. The molecule has 0 spiro atoms. The molecule has 0 aromatic rings. The van der Waals surface area contributed by atoms with Crippen LogP contribution in [0.3, 0.4) is 0 Å². The monoisotopic (exact) mass is 216 g/mol. The fourth-order valence-electron chi connectivity index (χ4n) is 1.84. The average Bonchev–Trinajstić information content (AvgIpc) is 2.18. The van der Waals surface area contributed by atoms with E-state index in [2.05, 4.69) is 13.8 Å². The van der Waals surface area contributed by atoms with Gasteiger partial charge in [-0.2, -0.15) is 0 Å². The first-order valence-electron chi connectivity index (χ1n) is 6.56. The molecule has 0 aliphatic rings. The Bertz CT molecular complexity index is 126. The van der Waals surface area contributed by atoms with E-state index in [-0.39, 0.29) is 12.2 Å². The molecule has 0 fully saturated rings. The third kappa shape index (κ3) is 10.2. The summed E-state index contributed by atoms with van der Waals surface area (Å²) in [5.41, 5.74) is 0. The van der Waals surface area contributed by atoms with E-state index in [1.807, 2.05) is 0 Å². The van der Waals surface area contributed by atoms with E-state index in [0.29, 0.717) is 0 Å². The molecule has 0 amide bonds. The summed E-state index contributed by atoms with van der Waals surface area (Å²) in [6.45, 7) is 4.26. The summed E-state index contributed by atoms with van der Waals surface area (Å²) < 4.78 is 0. The normalized spacial score (nSPS) is 15.2. The minimum atomic E-state index is -0.155. The highest BCUT2D eigenvalue weighted by Crippen LogP contribution is 2.12. The molecule has 0 saturated carbocycles. The van der Waals surface area contributed by atoms with Gasteiger partial charge in [0.1, 0.15) is 0 Å². The third-order valence-corrected chi connectivity index (χ3v) is 2.84. The summed E-state index contributed by atoms with van der Waals surface area (Å²) in [4.78, 5) is 0. The van der Waals surface area contributed by atoms with Crippen molar-refractivity contribution in [2.24, 2.45) is 0 Å². The highest BCUT2D eigenvalue weighted by atomic mass is 16.3. The van der Waals surface area contributed by atoms with Gasteiger partial charge in [0, 0.05) is 0 Å². The molecule has 2 unspecified atom stereocenters. The summed E-state index contributed by atoms with van der Waals surface area (Å²) in [5.74, 6) is 0. The predicted octanol–water partition coefficient (Wildman–Crippen LogP) is 3.26. The molecule has 2 atom stereocenters. The second kappa shape index (κ2) is 10.4. The topological polar surface area (TPSA) is 40.5 Å². The van der Waals surface area contributed by atoms with Crippen molar-refractivity contribution in [3.05, 3.63) is 0 Å². The van der Waals surface area contributed by atoms with Gasteiger partial charge in [-0.05, 0) is 32.1 Å². The lowest BCUT2D eigenvalue weighted by Gasteiger charge is -2.12. The van der Waals surface area contributed by atoms with Crippen LogP contribution in [0.1, 0.15) is 71.6 Å². The number of aliphatic hydroxyl groups is 2. The van der Waals surface area contributed by atoms with Crippen LogP contribution < -0.4 is 0 Å². The molecule has 92 valence electrons. The van der Waals surface area contributed by atoms with Crippen molar-refractivity contribution in [1.82, 2.24) is 0 Å². The first-order valence-corrected chi connectivity index (χ1v) is 6.56. The van der Waals surface area contributed by atoms with E-state index in [1.165, 1.54) is 12.8 Å². The van der Waals surface area contributed by atoms with Crippen LogP contribution in [0.15, 0.2) is 0 Å². The molecule has 0 bridgehead atoms. The third-order valence-electron chi connectivity index (χ3n) is 2.84. The largest absolute Gasteiger partial charge is 0.393 e. The fraction of sp³-hybridized carbons (Fsp3) is 1.00. The van der Waals surface area contributed by atoms with Crippen LogP contribution in [0.4, 0.5) is 0 Å². The standard InChI is InChI=1S/C13H28O2/c1-3-5-6-9-13(15)11-7-10-12(14)8-4-2/h12-15H,3-11H2,1-2H3. The molecule has 0 aliphatic carbocycles. The highest BCUT2D eigenvalue weighted by Gasteiger charge is 2.06. The lowest BCUT2D eigenvalue weighted by molar-refractivity contribution is 0.122. The lowest BCUT2D eigenvalue weighted by Crippen LogP contribution is -2.10. The Hall–Kier alpha value is -0.0800. The van der Waals surface area contributed by atoms with E-state index in [1.54, 1.807) is 0 Å². The zero-order valence-corrected chi connectivity index (χ0v) is 10.4. The summed E-state index contributed by atoms with van der Waals surface area (Å²) in [6, 6.07) is 0. The Morgan fingerprint density at radius 1 is 0.667 bits per heavy atom. The average molecular weight is 216 g/mol. The van der Waals surface area contributed by atoms with Crippen LogP contribution in [0.5, 0.6) is 0 Å². The zero-order chi connectivity index (χ0) is 11.5. The highest BCUT2D eigenvalue weighted by molar-refractivity contribution is 4.60. The van der Waals surface area contributed by atoms with Crippen molar-refractivity contribution in [2.75, 3.05) is 0 Å². The summed E-state index contributed by atoms with van der Waals surface area (Å²) in [5, 5.41) is 19.1. The minimum absolute atomic E-state index is 0.148. The van der Waals surface area contributed by atoms with Gasteiger partial charge in [0.25, 0.3) is 0 Å². The Morgan fingerprint density at radius 2 is 1.20 bits per heavy atom. The van der Waals surface area contributed by atoms with E-state index >= 15 is 0 Å². The minimum Gasteiger partial charge on any atom is -0.393 e. The van der Waals surface area contributed by atoms with E-state index < -0.39 is 0 Å². The predicted molar refractivity (Wildman–Crippen MR) is 64.9 cm³/mol. The number of hydrogen-bond acceptors (Lipinski definition) is 2. The van der Waals surface area contributed by atoms with Crippen LogP contribution in [-0.4, -0.2) is 22.4 Å². The molecule has 0 heterocycles. The second-order valence-electron chi connectivity index (χ2n) is 4.52. The molecule has 0 aliphatic heterocycles. The van der Waals surface area contributed by atoms with Gasteiger partial charge < -0.3 is 10.2 Å². The van der Waals surface area contributed by atoms with Gasteiger partial charge in [0.15, 0.2) is 0 Å². The van der Waals surface area contributed by atoms with E-state index in [0.717, 1.165) is 44.9 Å². The molecule has 15 heavy (non-hydrogen) atoms. The van der Waals surface area contributed by atoms with Gasteiger partial charge >= 0.3 is 0 Å². The van der Waals surface area contributed by atoms with Crippen LogP contribution in [-0.2, 0) is 0 Å². The van der Waals surface area contributed by atoms with Gasteiger partial charge in [0.2, 0.25) is 0 Å². The van der Waals surface area contributed by atoms with Gasteiger partial charge in [-0.25, -0.2) is 0 Å². The summed E-state index contributed by atoms with van der Waals surface area (Å²) in [6.07, 6.45) is 8.77. The van der Waals surface area contributed by atoms with Crippen molar-refractivity contribution < 1.29 is 10.2 Å². The molecule has 2 nitrogen and oxygen atoms in total. The number of aliphatic hydroxyl groups excluding tert-OH is 2. The van der Waals surface area contributed by atoms with Crippen LogP contribution >= 0.6 is 0 Å². The van der Waals surface area contributed by atoms with Crippen LogP contribution in [0.2, 0.25) is 0 Å². The maximum atomic E-state index is 9.64. The summed E-state index contributed by atoms with van der Waals surface area (Å²) in [7, 11) is 0. The van der Waals surface area contributed by atoms with Crippen molar-refractivity contribution in [2.45, 2.75) is 83.8 Å². The van der Waals surface area contributed by atoms with Crippen molar-refractivity contribution in [3.8, 4) is 0 Å². The Balaban J connectivity index is 3.26. The number of rotatable bonds is 10. The van der Waals surface area contributed by atoms with Crippen molar-refractivity contribution in [3.63, 3.8) is 0 Å². The molecule has 2 N–H and O–H groups in total. The van der Waals surface area contributed by atoms with Gasteiger partial charge in [-0.15, -0.1) is 0 Å². The van der Waals surface area contributed by atoms with Crippen molar-refractivity contribution in [1.29, 1.82) is 0 Å². The van der Waals surface area contributed by atoms with E-state index in [9.17, 15) is 10.2 Å². The Morgan fingerprint density at radius 3 is 1.73 bits per heavy atom. The fourth-order valence-corrected chi connectivity index (χ4v) is 1.84. The molecule has 0 radical (unpaired) electrons. The summed E-state index contributed by atoms with van der Waals surface area (Å²) >= 11 is 0. The molecule has 0 aromatic heterocycles. The number of unbranched alkanes of at least 4 members (excludes halogenated alkanes) is 2. The second-order valence-corrected chi connectivity index (χ2v) is 4.52. The van der Waals surface area contributed by atoms with Gasteiger partial charge in [-0.3, -0.25) is 0 Å². The SMILES string of the molecule is CCCCCC(O)CCCC(O)CCC. The quantitative estimate of drug-likeness (QED) is 0.550. The maximum absolute atomic E-state index is 9.64. The Kier molecular flexibility index (Phi) is 10.4. The van der Waals surface area contributed by atoms with Crippen LogP contribution in [0.25, 0.3) is 0 Å². The van der Waals surface area contributed by atoms with Crippen molar-refractivity contribution >= 4 is 0 Å². The van der Waals surface area contributed by atoms with Gasteiger partial charge in [0.05, 0.1) is 12.2 Å². The molecule has 0 aromatic carbocycles. The molecule has 0 saturated heterocycles. The van der Waals surface area contributed by atoms with Gasteiger partial charge in [-0.1, -0.05) is 39.5 Å².